The van der Waals surface area contributed by atoms with E-state index in [0.717, 1.165) is 0 Å². The highest BCUT2D eigenvalue weighted by Gasteiger charge is 2.22. The zero-order chi connectivity index (χ0) is 15.0. The van der Waals surface area contributed by atoms with Gasteiger partial charge < -0.3 is 10.3 Å². The standard InChI is InChI=1S/C15H9BrF2N2O/c16-10-5-2-6-11(18)13(10)14-12(15(19)20-21-14)8-3-1-4-9(17)7-8/h1-7H,(H2,19,20). The van der Waals surface area contributed by atoms with Crippen molar-refractivity contribution in [3.63, 3.8) is 0 Å². The van der Waals surface area contributed by atoms with Crippen molar-refractivity contribution in [3.05, 3.63) is 58.6 Å². The fraction of sp³-hybridized carbons (Fsp3) is 0. The van der Waals surface area contributed by atoms with Crippen molar-refractivity contribution in [1.82, 2.24) is 5.16 Å². The third-order valence-corrected chi connectivity index (χ3v) is 3.68. The highest BCUT2D eigenvalue weighted by molar-refractivity contribution is 9.10. The van der Waals surface area contributed by atoms with Crippen LogP contribution >= 0.6 is 15.9 Å². The van der Waals surface area contributed by atoms with E-state index in [1.54, 1.807) is 18.2 Å². The maximum absolute atomic E-state index is 14.1. The molecule has 6 heteroatoms. The molecule has 0 radical (unpaired) electrons. The van der Waals surface area contributed by atoms with Gasteiger partial charge in [-0.15, -0.1) is 0 Å². The van der Waals surface area contributed by atoms with Crippen molar-refractivity contribution in [2.45, 2.75) is 0 Å². The molecule has 3 nitrogen and oxygen atoms in total. The molecule has 1 aromatic heterocycles. The lowest BCUT2D eigenvalue weighted by molar-refractivity contribution is 0.433. The van der Waals surface area contributed by atoms with Gasteiger partial charge >= 0.3 is 0 Å². The first kappa shape index (κ1) is 13.8. The molecule has 0 aliphatic heterocycles. The summed E-state index contributed by atoms with van der Waals surface area (Å²) in [6.45, 7) is 0. The second-order valence-electron chi connectivity index (χ2n) is 4.38. The number of anilines is 1. The number of nitrogens with two attached hydrogens (primary N) is 1. The van der Waals surface area contributed by atoms with Crippen LogP contribution in [0.25, 0.3) is 22.5 Å². The van der Waals surface area contributed by atoms with Gasteiger partial charge in [0.2, 0.25) is 0 Å². The van der Waals surface area contributed by atoms with Crippen molar-refractivity contribution in [1.29, 1.82) is 0 Å². The Morgan fingerprint density at radius 3 is 2.52 bits per heavy atom. The van der Waals surface area contributed by atoms with E-state index in [1.165, 1.54) is 24.3 Å². The van der Waals surface area contributed by atoms with Gasteiger partial charge in [-0.25, -0.2) is 8.78 Å². The maximum Gasteiger partial charge on any atom is 0.181 e. The summed E-state index contributed by atoms with van der Waals surface area (Å²) in [4.78, 5) is 0. The number of nitrogen functional groups attached to an aromatic ring is 1. The molecule has 0 unspecified atom stereocenters. The zero-order valence-corrected chi connectivity index (χ0v) is 12.2. The monoisotopic (exact) mass is 350 g/mol. The molecule has 106 valence electrons. The Morgan fingerprint density at radius 2 is 1.81 bits per heavy atom. The Hall–Kier alpha value is -2.21. The Morgan fingerprint density at radius 1 is 1.05 bits per heavy atom. The molecule has 0 bridgehead atoms. The largest absolute Gasteiger partial charge is 0.380 e. The topological polar surface area (TPSA) is 52.0 Å². The number of rotatable bonds is 2. The van der Waals surface area contributed by atoms with E-state index in [4.69, 9.17) is 10.3 Å². The highest BCUT2D eigenvalue weighted by atomic mass is 79.9. The molecule has 0 spiro atoms. The summed E-state index contributed by atoms with van der Waals surface area (Å²) in [5, 5.41) is 3.67. The first-order chi connectivity index (χ1) is 10.1. The minimum Gasteiger partial charge on any atom is -0.380 e. The number of halogens is 3. The van der Waals surface area contributed by atoms with Gasteiger partial charge in [0.1, 0.15) is 11.6 Å². The van der Waals surface area contributed by atoms with E-state index in [-0.39, 0.29) is 17.1 Å². The van der Waals surface area contributed by atoms with Gasteiger partial charge in [-0.1, -0.05) is 23.4 Å². The van der Waals surface area contributed by atoms with Gasteiger partial charge in [0.25, 0.3) is 0 Å². The van der Waals surface area contributed by atoms with Crippen molar-refractivity contribution in [3.8, 4) is 22.5 Å². The van der Waals surface area contributed by atoms with Crippen molar-refractivity contribution >= 4 is 21.7 Å². The van der Waals surface area contributed by atoms with E-state index in [9.17, 15) is 8.78 Å². The lowest BCUT2D eigenvalue weighted by Crippen LogP contribution is -1.91. The molecule has 0 saturated carbocycles. The summed E-state index contributed by atoms with van der Waals surface area (Å²) in [7, 11) is 0. The molecule has 0 aliphatic rings. The van der Waals surface area contributed by atoms with Crippen LogP contribution < -0.4 is 5.73 Å². The summed E-state index contributed by atoms with van der Waals surface area (Å²) >= 11 is 3.27. The minimum absolute atomic E-state index is 0.0748. The van der Waals surface area contributed by atoms with Crippen LogP contribution in [0.5, 0.6) is 0 Å². The molecule has 21 heavy (non-hydrogen) atoms. The molecule has 2 N–H and O–H groups in total. The Labute approximate surface area is 127 Å². The molecule has 1 heterocycles. The maximum atomic E-state index is 14.1. The predicted octanol–water partition coefficient (Wildman–Crippen LogP) is 4.63. The van der Waals surface area contributed by atoms with Gasteiger partial charge in [0.05, 0.1) is 11.1 Å². The lowest BCUT2D eigenvalue weighted by atomic mass is 10.0. The number of benzene rings is 2. The first-order valence-electron chi connectivity index (χ1n) is 6.03. The van der Waals surface area contributed by atoms with Crippen molar-refractivity contribution in [2.75, 3.05) is 5.73 Å². The Balaban J connectivity index is 2.27. The molecule has 0 amide bonds. The SMILES string of the molecule is Nc1noc(-c2c(F)cccc2Br)c1-c1cccc(F)c1. The molecule has 0 aliphatic carbocycles. The summed E-state index contributed by atoms with van der Waals surface area (Å²) in [6.07, 6.45) is 0. The van der Waals surface area contributed by atoms with E-state index < -0.39 is 11.6 Å². The number of aromatic nitrogens is 1. The van der Waals surface area contributed by atoms with Gasteiger partial charge in [-0.2, -0.15) is 0 Å². The average molecular weight is 351 g/mol. The second kappa shape index (κ2) is 5.29. The quantitative estimate of drug-likeness (QED) is 0.732. The van der Waals surface area contributed by atoms with Gasteiger partial charge in [0.15, 0.2) is 11.6 Å². The zero-order valence-electron chi connectivity index (χ0n) is 10.6. The smallest absolute Gasteiger partial charge is 0.181 e. The molecule has 2 aromatic carbocycles. The van der Waals surface area contributed by atoms with Crippen LogP contribution in [0.1, 0.15) is 0 Å². The van der Waals surface area contributed by atoms with Gasteiger partial charge in [0, 0.05) is 4.47 Å². The van der Waals surface area contributed by atoms with Crippen LogP contribution in [-0.4, -0.2) is 5.16 Å². The third kappa shape index (κ3) is 2.42. The van der Waals surface area contributed by atoms with Crippen LogP contribution in [0.15, 0.2) is 51.5 Å². The summed E-state index contributed by atoms with van der Waals surface area (Å²) in [5.41, 5.74) is 6.82. The van der Waals surface area contributed by atoms with Crippen LogP contribution in [-0.2, 0) is 0 Å². The summed E-state index contributed by atoms with van der Waals surface area (Å²) < 4.78 is 33.2. The fourth-order valence-corrected chi connectivity index (χ4v) is 2.63. The van der Waals surface area contributed by atoms with Crippen molar-refractivity contribution < 1.29 is 13.3 Å². The number of hydrogen-bond acceptors (Lipinski definition) is 3. The average Bonchev–Trinajstić information content (AvgIpc) is 2.80. The van der Waals surface area contributed by atoms with Gasteiger partial charge in [-0.3, -0.25) is 0 Å². The van der Waals surface area contributed by atoms with Crippen LogP contribution in [0, 0.1) is 11.6 Å². The first-order valence-corrected chi connectivity index (χ1v) is 6.82. The van der Waals surface area contributed by atoms with E-state index in [1.807, 2.05) is 0 Å². The highest BCUT2D eigenvalue weighted by Crippen LogP contribution is 2.40. The lowest BCUT2D eigenvalue weighted by Gasteiger charge is -2.06. The van der Waals surface area contributed by atoms with Crippen LogP contribution in [0.3, 0.4) is 0 Å². The molecule has 0 atom stereocenters. The van der Waals surface area contributed by atoms with Crippen LogP contribution in [0.4, 0.5) is 14.6 Å². The summed E-state index contributed by atoms with van der Waals surface area (Å²) in [6, 6.07) is 10.3. The molecule has 0 fully saturated rings. The molecule has 0 saturated heterocycles. The molecule has 3 aromatic rings. The third-order valence-electron chi connectivity index (χ3n) is 3.02. The summed E-state index contributed by atoms with van der Waals surface area (Å²) in [5.74, 6) is -0.682. The normalized spacial score (nSPS) is 10.8. The van der Waals surface area contributed by atoms with Crippen molar-refractivity contribution in [2.24, 2.45) is 0 Å². The van der Waals surface area contributed by atoms with E-state index >= 15 is 0 Å². The predicted molar refractivity (Wildman–Crippen MR) is 79.4 cm³/mol. The number of nitrogens with zero attached hydrogens (tertiary/aromatic N) is 1. The molecular formula is C15H9BrF2N2O. The van der Waals surface area contributed by atoms with E-state index in [2.05, 4.69) is 21.1 Å². The molecule has 3 rings (SSSR count). The number of hydrogen-bond donors (Lipinski definition) is 1. The second-order valence-corrected chi connectivity index (χ2v) is 5.23. The van der Waals surface area contributed by atoms with Crippen LogP contribution in [0.2, 0.25) is 0 Å². The fourth-order valence-electron chi connectivity index (χ4n) is 2.11. The Kier molecular flexibility index (Phi) is 3.47. The Bertz CT molecular complexity index is 797. The van der Waals surface area contributed by atoms with E-state index in [0.29, 0.717) is 15.6 Å². The van der Waals surface area contributed by atoms with Gasteiger partial charge in [-0.05, 0) is 45.8 Å². The minimum atomic E-state index is -0.488. The molecular weight excluding hydrogens is 342 g/mol.